The van der Waals surface area contributed by atoms with Crippen LogP contribution in [0.3, 0.4) is 0 Å². The molecule has 0 radical (unpaired) electrons. The van der Waals surface area contributed by atoms with Gasteiger partial charge in [0.05, 0.1) is 18.3 Å². The van der Waals surface area contributed by atoms with E-state index in [-0.39, 0.29) is 0 Å². The third kappa shape index (κ3) is 6.47. The van der Waals surface area contributed by atoms with Gasteiger partial charge in [-0.15, -0.1) is 11.3 Å². The summed E-state index contributed by atoms with van der Waals surface area (Å²) < 4.78 is 5.86. The highest BCUT2D eigenvalue weighted by atomic mass is 32.1. The molecule has 0 unspecified atom stereocenters. The lowest BCUT2D eigenvalue weighted by Gasteiger charge is -2.13. The van der Waals surface area contributed by atoms with Crippen molar-refractivity contribution in [3.05, 3.63) is 16.1 Å². The third-order valence-corrected chi connectivity index (χ3v) is 4.93. The fraction of sp³-hybridized carbons (Fsp3) is 0.765. The molecule has 0 atom stereocenters. The zero-order valence-corrected chi connectivity index (χ0v) is 15.4. The molecule has 5 nitrogen and oxygen atoms in total. The Morgan fingerprint density at radius 2 is 2.17 bits per heavy atom. The van der Waals surface area contributed by atoms with E-state index in [0.717, 1.165) is 37.1 Å². The Morgan fingerprint density at radius 1 is 1.39 bits per heavy atom. The van der Waals surface area contributed by atoms with Crippen molar-refractivity contribution in [1.82, 2.24) is 15.6 Å². The normalized spacial score (nSPS) is 16.3. The van der Waals surface area contributed by atoms with E-state index in [2.05, 4.69) is 39.8 Å². The van der Waals surface area contributed by atoms with Gasteiger partial charge in [-0.05, 0) is 25.2 Å². The molecule has 1 aliphatic carbocycles. The van der Waals surface area contributed by atoms with Crippen LogP contribution in [-0.2, 0) is 11.3 Å². The van der Waals surface area contributed by atoms with Crippen LogP contribution in [0.15, 0.2) is 10.4 Å². The van der Waals surface area contributed by atoms with Crippen LogP contribution < -0.4 is 10.6 Å². The maximum atomic E-state index is 5.86. The minimum Gasteiger partial charge on any atom is -0.378 e. The molecule has 0 saturated heterocycles. The van der Waals surface area contributed by atoms with E-state index in [1.165, 1.54) is 31.4 Å². The molecule has 1 heterocycles. The molecule has 1 fully saturated rings. The third-order valence-electron chi connectivity index (χ3n) is 4.06. The highest BCUT2D eigenvalue weighted by molar-refractivity contribution is 7.09. The molecule has 1 aromatic heterocycles. The number of nitrogens with zero attached hydrogens (tertiary/aromatic N) is 2. The number of guanidine groups is 1. The summed E-state index contributed by atoms with van der Waals surface area (Å²) in [6.45, 7) is 6.76. The van der Waals surface area contributed by atoms with Crippen molar-refractivity contribution in [3.8, 4) is 0 Å². The van der Waals surface area contributed by atoms with Gasteiger partial charge in [0, 0.05) is 25.6 Å². The molecule has 2 rings (SSSR count). The summed E-state index contributed by atoms with van der Waals surface area (Å²) in [7, 11) is 1.80. The first kappa shape index (κ1) is 18.2. The second kappa shape index (κ2) is 9.88. The molecule has 6 heteroatoms. The quantitative estimate of drug-likeness (QED) is 0.434. The molecular weight excluding hydrogens is 308 g/mol. The molecule has 0 bridgehead atoms. The van der Waals surface area contributed by atoms with Crippen molar-refractivity contribution in [1.29, 1.82) is 0 Å². The van der Waals surface area contributed by atoms with Gasteiger partial charge in [-0.1, -0.05) is 26.7 Å². The number of rotatable bonds is 8. The topological polar surface area (TPSA) is 58.5 Å². The van der Waals surface area contributed by atoms with Gasteiger partial charge in [0.2, 0.25) is 0 Å². The Labute approximate surface area is 144 Å². The molecule has 0 amide bonds. The van der Waals surface area contributed by atoms with E-state index in [1.54, 1.807) is 18.4 Å². The molecule has 23 heavy (non-hydrogen) atoms. The second-order valence-electron chi connectivity index (χ2n) is 6.30. The lowest BCUT2D eigenvalue weighted by molar-refractivity contribution is 0.0574. The van der Waals surface area contributed by atoms with Crippen molar-refractivity contribution in [3.63, 3.8) is 0 Å². The summed E-state index contributed by atoms with van der Waals surface area (Å²) in [6, 6.07) is 0. The van der Waals surface area contributed by atoms with E-state index in [1.807, 2.05) is 0 Å². The van der Waals surface area contributed by atoms with Crippen LogP contribution in [0.4, 0.5) is 0 Å². The van der Waals surface area contributed by atoms with Gasteiger partial charge in [0.15, 0.2) is 5.96 Å². The molecule has 0 spiro atoms. The number of aliphatic imine (C=N–C) groups is 1. The molecular formula is C17H30N4OS. The summed E-state index contributed by atoms with van der Waals surface area (Å²) in [5, 5.41) is 9.88. The van der Waals surface area contributed by atoms with Gasteiger partial charge in [-0.3, -0.25) is 4.99 Å². The van der Waals surface area contributed by atoms with Gasteiger partial charge in [-0.2, -0.15) is 0 Å². The Morgan fingerprint density at radius 3 is 2.83 bits per heavy atom. The summed E-state index contributed by atoms with van der Waals surface area (Å²) in [5.41, 5.74) is 1.17. The van der Waals surface area contributed by atoms with Crippen molar-refractivity contribution >= 4 is 17.3 Å². The Balaban J connectivity index is 1.59. The molecule has 2 N–H and O–H groups in total. The molecule has 130 valence electrons. The monoisotopic (exact) mass is 338 g/mol. The van der Waals surface area contributed by atoms with Crippen LogP contribution in [0, 0.1) is 0 Å². The SMILES string of the molecule is CN=C(NCCCOC1CCCC1)NCc1nc(C(C)C)cs1. The number of hydrogen-bond acceptors (Lipinski definition) is 4. The number of aromatic nitrogens is 1. The minimum atomic E-state index is 0.484. The lowest BCUT2D eigenvalue weighted by atomic mass is 10.2. The first-order valence-corrected chi connectivity index (χ1v) is 9.57. The Hall–Kier alpha value is -1.14. The average molecular weight is 339 g/mol. The van der Waals surface area contributed by atoms with Crippen LogP contribution in [0.25, 0.3) is 0 Å². The lowest BCUT2D eigenvalue weighted by Crippen LogP contribution is -2.37. The van der Waals surface area contributed by atoms with Gasteiger partial charge in [0.1, 0.15) is 5.01 Å². The van der Waals surface area contributed by atoms with Crippen LogP contribution in [-0.4, -0.2) is 37.2 Å². The predicted molar refractivity (Wildman–Crippen MR) is 97.2 cm³/mol. The van der Waals surface area contributed by atoms with Gasteiger partial charge >= 0.3 is 0 Å². The van der Waals surface area contributed by atoms with Crippen LogP contribution in [0.1, 0.15) is 62.6 Å². The fourth-order valence-electron chi connectivity index (χ4n) is 2.64. The Bertz CT molecular complexity index is 481. The molecule has 1 saturated carbocycles. The van der Waals surface area contributed by atoms with Crippen molar-refractivity contribution < 1.29 is 4.74 Å². The average Bonchev–Trinajstić information content (AvgIpc) is 3.21. The number of nitrogens with one attached hydrogen (secondary N) is 2. The van der Waals surface area contributed by atoms with E-state index >= 15 is 0 Å². The largest absolute Gasteiger partial charge is 0.378 e. The summed E-state index contributed by atoms with van der Waals surface area (Å²) in [4.78, 5) is 8.87. The smallest absolute Gasteiger partial charge is 0.191 e. The number of ether oxygens (including phenoxy) is 1. The Kier molecular flexibility index (Phi) is 7.82. The predicted octanol–water partition coefficient (Wildman–Crippen LogP) is 3.28. The molecule has 0 aromatic carbocycles. The first-order valence-electron chi connectivity index (χ1n) is 8.69. The highest BCUT2D eigenvalue weighted by Gasteiger charge is 2.14. The fourth-order valence-corrected chi connectivity index (χ4v) is 3.53. The highest BCUT2D eigenvalue weighted by Crippen LogP contribution is 2.20. The second-order valence-corrected chi connectivity index (χ2v) is 7.25. The van der Waals surface area contributed by atoms with E-state index in [0.29, 0.717) is 12.0 Å². The number of hydrogen-bond donors (Lipinski definition) is 2. The summed E-state index contributed by atoms with van der Waals surface area (Å²) in [6.07, 6.45) is 6.65. The van der Waals surface area contributed by atoms with Crippen molar-refractivity contribution in [2.75, 3.05) is 20.2 Å². The van der Waals surface area contributed by atoms with Crippen molar-refractivity contribution in [2.45, 2.75) is 64.5 Å². The maximum Gasteiger partial charge on any atom is 0.191 e. The van der Waals surface area contributed by atoms with Gasteiger partial charge in [-0.25, -0.2) is 4.98 Å². The number of thiazole rings is 1. The maximum absolute atomic E-state index is 5.86. The van der Waals surface area contributed by atoms with E-state index in [9.17, 15) is 0 Å². The molecule has 1 aliphatic rings. The zero-order valence-electron chi connectivity index (χ0n) is 14.6. The first-order chi connectivity index (χ1) is 11.2. The van der Waals surface area contributed by atoms with Gasteiger partial charge < -0.3 is 15.4 Å². The van der Waals surface area contributed by atoms with Crippen LogP contribution in [0.2, 0.25) is 0 Å². The van der Waals surface area contributed by atoms with E-state index < -0.39 is 0 Å². The minimum absolute atomic E-state index is 0.484. The standard InChI is InChI=1S/C17H30N4OS/c1-13(2)15-12-23-16(21-15)11-20-17(18-3)19-9-6-10-22-14-7-4-5-8-14/h12-14H,4-11H2,1-3H3,(H2,18,19,20). The van der Waals surface area contributed by atoms with E-state index in [4.69, 9.17) is 4.74 Å². The van der Waals surface area contributed by atoms with Crippen LogP contribution >= 0.6 is 11.3 Å². The molecule has 1 aromatic rings. The molecule has 0 aliphatic heterocycles. The van der Waals surface area contributed by atoms with Crippen molar-refractivity contribution in [2.24, 2.45) is 4.99 Å². The summed E-state index contributed by atoms with van der Waals surface area (Å²) in [5.74, 6) is 1.31. The van der Waals surface area contributed by atoms with Crippen LogP contribution in [0.5, 0.6) is 0 Å². The zero-order chi connectivity index (χ0) is 16.5. The van der Waals surface area contributed by atoms with Gasteiger partial charge in [0.25, 0.3) is 0 Å². The summed E-state index contributed by atoms with van der Waals surface area (Å²) >= 11 is 1.70.